The summed E-state index contributed by atoms with van der Waals surface area (Å²) in [7, 11) is 2.11. The normalized spacial score (nSPS) is 10.8. The highest BCUT2D eigenvalue weighted by Gasteiger charge is 2.14. The van der Waals surface area contributed by atoms with Crippen LogP contribution in [0.3, 0.4) is 0 Å². The Hall–Kier alpha value is -3.11. The molecule has 2 aromatic carbocycles. The van der Waals surface area contributed by atoms with Gasteiger partial charge in [-0.25, -0.2) is 0 Å². The standard InChI is InChI=1S/C26H29N3O.C2H6/c1-5-24-23(17-27-6-2)22-12-11-21(16-25(22)28(24)4)29-14-13-20(15-26(29)30)19-9-7-18(3)8-10-19;1-2/h7-16,27H,5-6,17H2,1-4H3;1-2H3. The number of pyridine rings is 1. The van der Waals surface area contributed by atoms with Crippen molar-refractivity contribution in [2.24, 2.45) is 7.05 Å². The summed E-state index contributed by atoms with van der Waals surface area (Å²) in [4.78, 5) is 12.9. The summed E-state index contributed by atoms with van der Waals surface area (Å²) in [6.07, 6.45) is 2.86. The number of fused-ring (bicyclic) bond motifs is 1. The molecule has 0 radical (unpaired) electrons. The number of nitrogens with zero attached hydrogens (tertiary/aromatic N) is 2. The lowest BCUT2D eigenvalue weighted by molar-refractivity contribution is 0.715. The number of hydrogen-bond acceptors (Lipinski definition) is 2. The van der Waals surface area contributed by atoms with Crippen molar-refractivity contribution < 1.29 is 0 Å². The van der Waals surface area contributed by atoms with Crippen LogP contribution in [0.5, 0.6) is 0 Å². The van der Waals surface area contributed by atoms with Crippen molar-refractivity contribution in [1.82, 2.24) is 14.5 Å². The molecule has 1 N–H and O–H groups in total. The molecule has 4 rings (SSSR count). The van der Waals surface area contributed by atoms with Crippen molar-refractivity contribution in [3.8, 4) is 16.8 Å². The number of rotatable bonds is 6. The van der Waals surface area contributed by atoms with E-state index < -0.39 is 0 Å². The van der Waals surface area contributed by atoms with Crippen LogP contribution in [0.1, 0.15) is 44.5 Å². The molecule has 0 saturated carbocycles. The third-order valence-corrected chi connectivity index (χ3v) is 5.89. The Morgan fingerprint density at radius 2 is 1.62 bits per heavy atom. The molecule has 2 aromatic heterocycles. The molecule has 0 spiro atoms. The van der Waals surface area contributed by atoms with Gasteiger partial charge in [-0.15, -0.1) is 0 Å². The minimum Gasteiger partial charge on any atom is -0.347 e. The van der Waals surface area contributed by atoms with E-state index in [9.17, 15) is 4.79 Å². The average molecular weight is 430 g/mol. The van der Waals surface area contributed by atoms with Gasteiger partial charge < -0.3 is 9.88 Å². The Morgan fingerprint density at radius 1 is 0.906 bits per heavy atom. The van der Waals surface area contributed by atoms with E-state index in [1.165, 1.54) is 22.2 Å². The minimum atomic E-state index is -0.0229. The van der Waals surface area contributed by atoms with Gasteiger partial charge in [0.05, 0.1) is 11.2 Å². The molecule has 2 heterocycles. The molecule has 4 heteroatoms. The monoisotopic (exact) mass is 429 g/mol. The average Bonchev–Trinajstić information content (AvgIpc) is 3.09. The van der Waals surface area contributed by atoms with Gasteiger partial charge in [0, 0.05) is 36.9 Å². The Kier molecular flexibility index (Phi) is 7.70. The lowest BCUT2D eigenvalue weighted by Crippen LogP contribution is -2.16. The number of hydrogen-bond donors (Lipinski definition) is 1. The topological polar surface area (TPSA) is 39.0 Å². The predicted molar refractivity (Wildman–Crippen MR) is 137 cm³/mol. The molecule has 0 saturated heterocycles. The first-order chi connectivity index (χ1) is 15.5. The quantitative estimate of drug-likeness (QED) is 0.408. The van der Waals surface area contributed by atoms with E-state index >= 15 is 0 Å². The summed E-state index contributed by atoms with van der Waals surface area (Å²) in [6, 6.07) is 18.3. The van der Waals surface area contributed by atoms with Gasteiger partial charge in [-0.1, -0.05) is 63.6 Å². The first kappa shape index (κ1) is 23.6. The van der Waals surface area contributed by atoms with E-state index in [0.717, 1.165) is 41.8 Å². The van der Waals surface area contributed by atoms with Gasteiger partial charge in [0.15, 0.2) is 0 Å². The Bertz CT molecular complexity index is 1250. The lowest BCUT2D eigenvalue weighted by atomic mass is 10.1. The molecule has 0 aliphatic heterocycles. The summed E-state index contributed by atoms with van der Waals surface area (Å²) in [5, 5.41) is 4.71. The number of aryl methyl sites for hydroxylation is 2. The fourth-order valence-electron chi connectivity index (χ4n) is 4.22. The molecule has 0 bridgehead atoms. The van der Waals surface area contributed by atoms with Crippen LogP contribution in [0, 0.1) is 6.92 Å². The van der Waals surface area contributed by atoms with Crippen molar-refractivity contribution in [1.29, 1.82) is 0 Å². The molecule has 0 amide bonds. The van der Waals surface area contributed by atoms with Gasteiger partial charge in [-0.2, -0.15) is 0 Å². The molecular formula is C28H35N3O. The van der Waals surface area contributed by atoms with Crippen LogP contribution in [-0.4, -0.2) is 15.7 Å². The summed E-state index contributed by atoms with van der Waals surface area (Å²) in [5.41, 5.74) is 7.93. The van der Waals surface area contributed by atoms with Gasteiger partial charge in [0.1, 0.15) is 0 Å². The van der Waals surface area contributed by atoms with Crippen LogP contribution in [0.4, 0.5) is 0 Å². The van der Waals surface area contributed by atoms with E-state index in [1.54, 1.807) is 10.6 Å². The molecular weight excluding hydrogens is 394 g/mol. The van der Waals surface area contributed by atoms with E-state index in [2.05, 4.69) is 74.1 Å². The van der Waals surface area contributed by atoms with Crippen LogP contribution < -0.4 is 10.9 Å². The van der Waals surface area contributed by atoms with Crippen LogP contribution >= 0.6 is 0 Å². The Morgan fingerprint density at radius 3 is 2.25 bits per heavy atom. The first-order valence-electron chi connectivity index (χ1n) is 11.6. The van der Waals surface area contributed by atoms with Gasteiger partial charge in [0.2, 0.25) is 0 Å². The largest absolute Gasteiger partial charge is 0.347 e. The third kappa shape index (κ3) is 4.56. The number of nitrogens with one attached hydrogen (secondary N) is 1. The molecule has 0 atom stereocenters. The van der Waals surface area contributed by atoms with Crippen molar-refractivity contribution >= 4 is 10.9 Å². The molecule has 4 nitrogen and oxygen atoms in total. The number of aromatic nitrogens is 2. The van der Waals surface area contributed by atoms with Crippen molar-refractivity contribution in [2.45, 2.75) is 47.6 Å². The fourth-order valence-corrected chi connectivity index (χ4v) is 4.22. The SMILES string of the molecule is CC.CCNCc1c(CC)n(C)c2cc(-n3ccc(-c4ccc(C)cc4)cc3=O)ccc12. The van der Waals surface area contributed by atoms with Crippen molar-refractivity contribution in [2.75, 3.05) is 6.54 Å². The van der Waals surface area contributed by atoms with Gasteiger partial charge >= 0.3 is 0 Å². The molecule has 0 aliphatic rings. The maximum Gasteiger partial charge on any atom is 0.255 e. The summed E-state index contributed by atoms with van der Waals surface area (Å²) in [5.74, 6) is 0. The van der Waals surface area contributed by atoms with E-state index in [1.807, 2.05) is 32.2 Å². The van der Waals surface area contributed by atoms with E-state index in [-0.39, 0.29) is 5.56 Å². The molecule has 0 aliphatic carbocycles. The second-order valence-corrected chi connectivity index (χ2v) is 7.81. The first-order valence-corrected chi connectivity index (χ1v) is 11.6. The zero-order valence-corrected chi connectivity index (χ0v) is 20.2. The van der Waals surface area contributed by atoms with Crippen molar-refractivity contribution in [3.63, 3.8) is 0 Å². The van der Waals surface area contributed by atoms with Gasteiger partial charge in [-0.05, 0) is 54.8 Å². The van der Waals surface area contributed by atoms with Crippen LogP contribution in [0.15, 0.2) is 65.6 Å². The Labute approximate surface area is 191 Å². The van der Waals surface area contributed by atoms with Crippen LogP contribution in [-0.2, 0) is 20.0 Å². The maximum absolute atomic E-state index is 12.9. The minimum absolute atomic E-state index is 0.0229. The van der Waals surface area contributed by atoms with Crippen LogP contribution in [0.25, 0.3) is 27.7 Å². The van der Waals surface area contributed by atoms with E-state index in [4.69, 9.17) is 0 Å². The lowest BCUT2D eigenvalue weighted by Gasteiger charge is -2.09. The molecule has 0 unspecified atom stereocenters. The van der Waals surface area contributed by atoms with Crippen LogP contribution in [0.2, 0.25) is 0 Å². The van der Waals surface area contributed by atoms with Gasteiger partial charge in [-0.3, -0.25) is 9.36 Å². The number of benzene rings is 2. The highest BCUT2D eigenvalue weighted by molar-refractivity contribution is 5.87. The van der Waals surface area contributed by atoms with Crippen molar-refractivity contribution in [3.05, 3.63) is 88.0 Å². The molecule has 4 aromatic rings. The molecule has 168 valence electrons. The predicted octanol–water partition coefficient (Wildman–Crippen LogP) is 6.00. The summed E-state index contributed by atoms with van der Waals surface area (Å²) >= 11 is 0. The highest BCUT2D eigenvalue weighted by atomic mass is 16.1. The third-order valence-electron chi connectivity index (χ3n) is 5.89. The molecule has 32 heavy (non-hydrogen) atoms. The smallest absolute Gasteiger partial charge is 0.255 e. The maximum atomic E-state index is 12.9. The second kappa shape index (κ2) is 10.5. The van der Waals surface area contributed by atoms with Gasteiger partial charge in [0.25, 0.3) is 5.56 Å². The second-order valence-electron chi connectivity index (χ2n) is 7.81. The summed E-state index contributed by atoms with van der Waals surface area (Å²) in [6.45, 7) is 12.2. The fraction of sp³-hybridized carbons (Fsp3) is 0.321. The Balaban J connectivity index is 0.00000141. The molecule has 0 fully saturated rings. The summed E-state index contributed by atoms with van der Waals surface area (Å²) < 4.78 is 3.98. The van der Waals surface area contributed by atoms with E-state index in [0.29, 0.717) is 0 Å². The zero-order valence-electron chi connectivity index (χ0n) is 20.2. The highest BCUT2D eigenvalue weighted by Crippen LogP contribution is 2.28. The zero-order chi connectivity index (χ0) is 23.3.